The van der Waals surface area contributed by atoms with Crippen molar-refractivity contribution in [2.45, 2.75) is 32.8 Å². The topological polar surface area (TPSA) is 9.23 Å². The highest BCUT2D eigenvalue weighted by Crippen LogP contribution is 2.47. The van der Waals surface area contributed by atoms with Crippen molar-refractivity contribution in [3.8, 4) is 0 Å². The molecule has 1 fully saturated rings. The Kier molecular flexibility index (Phi) is 2.37. The van der Waals surface area contributed by atoms with E-state index in [4.69, 9.17) is 4.52 Å². The summed E-state index contributed by atoms with van der Waals surface area (Å²) in [4.78, 5) is 0. The maximum absolute atomic E-state index is 5.85. The summed E-state index contributed by atoms with van der Waals surface area (Å²) in [5.74, 6) is 0.728. The molecule has 0 aromatic heterocycles. The molecule has 0 radical (unpaired) electrons. The van der Waals surface area contributed by atoms with E-state index in [1.807, 2.05) is 0 Å². The SMILES string of the molecule is CC1CCP(C)OC1(C)C. The van der Waals surface area contributed by atoms with Crippen LogP contribution in [-0.2, 0) is 4.52 Å². The van der Waals surface area contributed by atoms with E-state index in [1.165, 1.54) is 12.6 Å². The third-order valence-electron chi connectivity index (χ3n) is 2.45. The first kappa shape index (κ1) is 8.49. The van der Waals surface area contributed by atoms with Crippen molar-refractivity contribution in [1.29, 1.82) is 0 Å². The molecule has 0 aliphatic carbocycles. The van der Waals surface area contributed by atoms with Gasteiger partial charge in [0.05, 0.1) is 5.60 Å². The minimum absolute atomic E-state index is 0.106. The molecule has 1 aliphatic rings. The molecule has 0 saturated carbocycles. The second-order valence-electron chi connectivity index (χ2n) is 3.74. The molecule has 2 atom stereocenters. The van der Waals surface area contributed by atoms with Crippen molar-refractivity contribution >= 4 is 8.15 Å². The highest BCUT2D eigenvalue weighted by atomic mass is 31.1. The van der Waals surface area contributed by atoms with Crippen molar-refractivity contribution in [2.24, 2.45) is 5.92 Å². The molecule has 0 aromatic carbocycles. The maximum atomic E-state index is 5.85. The van der Waals surface area contributed by atoms with E-state index in [-0.39, 0.29) is 13.7 Å². The summed E-state index contributed by atoms with van der Waals surface area (Å²) in [6.45, 7) is 8.91. The highest BCUT2D eigenvalue weighted by molar-refractivity contribution is 7.51. The Bertz CT molecular complexity index is 122. The largest absolute Gasteiger partial charge is 0.353 e. The Morgan fingerprint density at radius 3 is 2.50 bits per heavy atom. The summed E-state index contributed by atoms with van der Waals surface area (Å²) >= 11 is 0. The molecule has 1 saturated heterocycles. The highest BCUT2D eigenvalue weighted by Gasteiger charge is 2.32. The van der Waals surface area contributed by atoms with Crippen LogP contribution in [-0.4, -0.2) is 18.4 Å². The molecule has 0 bridgehead atoms. The standard InChI is InChI=1S/C8H17OP/c1-7-5-6-10(4)9-8(7,2)3/h7H,5-6H2,1-4H3. The van der Waals surface area contributed by atoms with Gasteiger partial charge in [-0.25, -0.2) is 0 Å². The molecular formula is C8H17OP. The van der Waals surface area contributed by atoms with Gasteiger partial charge in [0.25, 0.3) is 0 Å². The first-order valence-corrected chi connectivity index (χ1v) is 5.82. The average molecular weight is 160 g/mol. The molecule has 2 heteroatoms. The lowest BCUT2D eigenvalue weighted by molar-refractivity contribution is 0.0510. The zero-order valence-electron chi connectivity index (χ0n) is 7.35. The van der Waals surface area contributed by atoms with Crippen LogP contribution in [0.1, 0.15) is 27.2 Å². The molecule has 1 heterocycles. The van der Waals surface area contributed by atoms with Crippen molar-refractivity contribution < 1.29 is 4.52 Å². The zero-order valence-corrected chi connectivity index (χ0v) is 8.24. The lowest BCUT2D eigenvalue weighted by atomic mass is 9.91. The molecule has 2 unspecified atom stereocenters. The smallest absolute Gasteiger partial charge is 0.0694 e. The van der Waals surface area contributed by atoms with Crippen LogP contribution in [0.4, 0.5) is 0 Å². The number of hydrogen-bond acceptors (Lipinski definition) is 1. The van der Waals surface area contributed by atoms with E-state index >= 15 is 0 Å². The van der Waals surface area contributed by atoms with Gasteiger partial charge in [-0.15, -0.1) is 0 Å². The van der Waals surface area contributed by atoms with E-state index in [0.717, 1.165) is 5.92 Å². The van der Waals surface area contributed by atoms with Crippen molar-refractivity contribution in [3.05, 3.63) is 0 Å². The van der Waals surface area contributed by atoms with Gasteiger partial charge < -0.3 is 4.52 Å². The lowest BCUT2D eigenvalue weighted by Crippen LogP contribution is -2.35. The average Bonchev–Trinajstić information content (AvgIpc) is 1.78. The summed E-state index contributed by atoms with van der Waals surface area (Å²) in [7, 11) is -0.106. The third-order valence-corrected chi connectivity index (χ3v) is 4.13. The predicted molar refractivity (Wildman–Crippen MR) is 46.7 cm³/mol. The molecule has 60 valence electrons. The van der Waals surface area contributed by atoms with Gasteiger partial charge in [0.15, 0.2) is 0 Å². The molecule has 1 nitrogen and oxygen atoms in total. The van der Waals surface area contributed by atoms with Crippen LogP contribution in [0.2, 0.25) is 0 Å². The van der Waals surface area contributed by atoms with Crippen LogP contribution in [0.25, 0.3) is 0 Å². The summed E-state index contributed by atoms with van der Waals surface area (Å²) in [5.41, 5.74) is 0.138. The predicted octanol–water partition coefficient (Wildman–Crippen LogP) is 2.85. The second kappa shape index (κ2) is 2.79. The minimum Gasteiger partial charge on any atom is -0.353 e. The Morgan fingerprint density at radius 1 is 1.50 bits per heavy atom. The first-order valence-electron chi connectivity index (χ1n) is 3.92. The van der Waals surface area contributed by atoms with Gasteiger partial charge in [-0.2, -0.15) is 0 Å². The fraction of sp³-hybridized carbons (Fsp3) is 1.00. The van der Waals surface area contributed by atoms with Crippen molar-refractivity contribution in [3.63, 3.8) is 0 Å². The van der Waals surface area contributed by atoms with Crippen LogP contribution >= 0.6 is 8.15 Å². The summed E-state index contributed by atoms with van der Waals surface area (Å²) in [6, 6.07) is 0. The van der Waals surface area contributed by atoms with E-state index in [9.17, 15) is 0 Å². The van der Waals surface area contributed by atoms with E-state index < -0.39 is 0 Å². The molecule has 1 rings (SSSR count). The van der Waals surface area contributed by atoms with Gasteiger partial charge in [0.2, 0.25) is 0 Å². The lowest BCUT2D eigenvalue weighted by Gasteiger charge is -2.39. The molecule has 0 aromatic rings. The Morgan fingerprint density at radius 2 is 2.10 bits per heavy atom. The number of hydrogen-bond donors (Lipinski definition) is 0. The van der Waals surface area contributed by atoms with Gasteiger partial charge in [0, 0.05) is 8.15 Å². The normalized spacial score (nSPS) is 39.6. The van der Waals surface area contributed by atoms with Crippen molar-refractivity contribution in [2.75, 3.05) is 12.8 Å². The monoisotopic (exact) mass is 160 g/mol. The first-order chi connectivity index (χ1) is 4.52. The van der Waals surface area contributed by atoms with Gasteiger partial charge in [0.1, 0.15) is 0 Å². The minimum atomic E-state index is -0.106. The molecule has 10 heavy (non-hydrogen) atoms. The van der Waals surface area contributed by atoms with Gasteiger partial charge in [-0.1, -0.05) is 6.92 Å². The zero-order chi connectivity index (χ0) is 7.78. The van der Waals surface area contributed by atoms with Crippen LogP contribution in [0.5, 0.6) is 0 Å². The molecule has 0 N–H and O–H groups in total. The molecule has 0 spiro atoms. The molecule has 0 amide bonds. The quantitative estimate of drug-likeness (QED) is 0.495. The van der Waals surface area contributed by atoms with Gasteiger partial charge >= 0.3 is 0 Å². The van der Waals surface area contributed by atoms with E-state index in [2.05, 4.69) is 27.4 Å². The Hall–Kier alpha value is 0.390. The fourth-order valence-electron chi connectivity index (χ4n) is 1.26. The maximum Gasteiger partial charge on any atom is 0.0694 e. The van der Waals surface area contributed by atoms with Crippen molar-refractivity contribution in [1.82, 2.24) is 0 Å². The summed E-state index contributed by atoms with van der Waals surface area (Å²) < 4.78 is 5.85. The summed E-state index contributed by atoms with van der Waals surface area (Å²) in [5, 5.41) is 0. The number of rotatable bonds is 0. The Balaban J connectivity index is 2.55. The third kappa shape index (κ3) is 1.71. The van der Waals surface area contributed by atoms with Crippen LogP contribution in [0.15, 0.2) is 0 Å². The van der Waals surface area contributed by atoms with E-state index in [1.54, 1.807) is 0 Å². The van der Waals surface area contributed by atoms with Gasteiger partial charge in [-0.3, -0.25) is 0 Å². The Labute approximate surface area is 65.0 Å². The van der Waals surface area contributed by atoms with Crippen LogP contribution in [0.3, 0.4) is 0 Å². The molecular weight excluding hydrogens is 143 g/mol. The fourth-order valence-corrected chi connectivity index (χ4v) is 3.09. The second-order valence-corrected chi connectivity index (χ2v) is 5.62. The van der Waals surface area contributed by atoms with Gasteiger partial charge in [-0.05, 0) is 39.0 Å². The van der Waals surface area contributed by atoms with E-state index in [0.29, 0.717) is 0 Å². The molecule has 1 aliphatic heterocycles. The summed E-state index contributed by atoms with van der Waals surface area (Å²) in [6.07, 6.45) is 2.63. The van der Waals surface area contributed by atoms with Crippen LogP contribution in [0, 0.1) is 5.92 Å². The van der Waals surface area contributed by atoms with Crippen LogP contribution < -0.4 is 0 Å².